The number of hydrogen-bond acceptors (Lipinski definition) is 3. The molecule has 2 rings (SSSR count). The minimum atomic E-state index is -1.09. The van der Waals surface area contributed by atoms with Crippen LogP contribution in [0.15, 0.2) is 59.8 Å². The van der Waals surface area contributed by atoms with Crippen LogP contribution in [0.5, 0.6) is 0 Å². The summed E-state index contributed by atoms with van der Waals surface area (Å²) in [4.78, 5) is 11.4. The molecule has 0 radical (unpaired) electrons. The van der Waals surface area contributed by atoms with Gasteiger partial charge in [-0.05, 0) is 24.3 Å². The Bertz CT molecular complexity index is 612. The van der Waals surface area contributed by atoms with E-state index in [1.165, 1.54) is 12.1 Å². The lowest BCUT2D eigenvalue weighted by Gasteiger charge is -2.05. The van der Waals surface area contributed by atoms with Crippen molar-refractivity contribution < 1.29 is 14.8 Å². The second kappa shape index (κ2) is 5.63. The molecule has 0 aromatic heterocycles. The van der Waals surface area contributed by atoms with E-state index in [0.717, 1.165) is 0 Å². The third-order valence-corrected chi connectivity index (χ3v) is 2.40. The first kappa shape index (κ1) is 12.6. The van der Waals surface area contributed by atoms with E-state index in [2.05, 4.69) is 10.6 Å². The maximum Gasteiger partial charge on any atom is 0.340 e. The molecule has 2 N–H and O–H groups in total. The van der Waals surface area contributed by atoms with E-state index >= 15 is 0 Å². The van der Waals surface area contributed by atoms with Gasteiger partial charge in [-0.25, -0.2) is 4.79 Å². The number of hydrogen-bond donors (Lipinski definition) is 2. The Kier molecular flexibility index (Phi) is 3.72. The second-order valence-corrected chi connectivity index (χ2v) is 3.67. The first-order valence-electron chi connectivity index (χ1n) is 5.50. The Hall–Kier alpha value is -2.89. The quantitative estimate of drug-likeness (QED) is 0.500. The lowest BCUT2D eigenvalue weighted by molar-refractivity contribution is -0.439. The molecule has 0 saturated carbocycles. The molecule has 0 aliphatic heterocycles. The summed E-state index contributed by atoms with van der Waals surface area (Å²) in [7, 11) is 0. The van der Waals surface area contributed by atoms with Gasteiger partial charge in [0.1, 0.15) is 5.56 Å². The van der Waals surface area contributed by atoms with Crippen molar-refractivity contribution in [1.82, 2.24) is 0 Å². The number of para-hydroxylation sites is 2. The fourth-order valence-electron chi connectivity index (χ4n) is 1.48. The van der Waals surface area contributed by atoms with Crippen LogP contribution in [-0.2, 0) is 0 Å². The molecular weight excluding hydrogens is 246 g/mol. The molecule has 0 aliphatic carbocycles. The number of carboxylic acid groups (broad SMARTS) is 1. The van der Waals surface area contributed by atoms with Gasteiger partial charge >= 0.3 is 5.97 Å². The first-order valence-corrected chi connectivity index (χ1v) is 5.50. The van der Waals surface area contributed by atoms with E-state index in [0.29, 0.717) is 10.5 Å². The maximum atomic E-state index is 11.6. The van der Waals surface area contributed by atoms with Crippen molar-refractivity contribution in [2.75, 3.05) is 5.43 Å². The van der Waals surface area contributed by atoms with Gasteiger partial charge in [0.2, 0.25) is 0 Å². The Morgan fingerprint density at radius 3 is 2.42 bits per heavy atom. The smallest absolute Gasteiger partial charge is 0.340 e. The van der Waals surface area contributed by atoms with Crippen LogP contribution < -0.4 is 5.43 Å². The van der Waals surface area contributed by atoms with Crippen molar-refractivity contribution in [3.8, 4) is 0 Å². The summed E-state index contributed by atoms with van der Waals surface area (Å²) >= 11 is 0. The normalized spacial score (nSPS) is 11.1. The van der Waals surface area contributed by atoms with Crippen molar-refractivity contribution in [2.24, 2.45) is 5.22 Å². The Labute approximate surface area is 109 Å². The highest BCUT2D eigenvalue weighted by molar-refractivity contribution is 5.94. The Morgan fingerprint density at radius 2 is 1.74 bits per heavy atom. The molecule has 2 aromatic rings. The van der Waals surface area contributed by atoms with Crippen LogP contribution in [0.4, 0.5) is 11.4 Å². The van der Waals surface area contributed by atoms with Crippen LogP contribution in [0.1, 0.15) is 10.4 Å². The average Bonchev–Trinajstić information content (AvgIpc) is 2.46. The second-order valence-electron chi connectivity index (χ2n) is 3.67. The zero-order valence-electron chi connectivity index (χ0n) is 9.85. The van der Waals surface area contributed by atoms with Gasteiger partial charge in [0.15, 0.2) is 11.4 Å². The molecule has 0 fully saturated rings. The van der Waals surface area contributed by atoms with E-state index in [1.807, 2.05) is 0 Å². The summed E-state index contributed by atoms with van der Waals surface area (Å²) in [6, 6.07) is 14.6. The third kappa shape index (κ3) is 3.06. The van der Waals surface area contributed by atoms with Crippen molar-refractivity contribution in [3.05, 3.63) is 65.4 Å². The molecule has 0 bridgehead atoms. The van der Waals surface area contributed by atoms with Crippen LogP contribution in [0.3, 0.4) is 0 Å². The van der Waals surface area contributed by atoms with Gasteiger partial charge in [-0.2, -0.15) is 0 Å². The minimum absolute atomic E-state index is 0.0488. The van der Waals surface area contributed by atoms with Gasteiger partial charge in [-0.1, -0.05) is 30.3 Å². The monoisotopic (exact) mass is 257 g/mol. The number of carboxylic acids is 1. The van der Waals surface area contributed by atoms with Crippen LogP contribution in [0, 0.1) is 5.21 Å². The van der Waals surface area contributed by atoms with Crippen LogP contribution in [-0.4, -0.2) is 15.9 Å². The van der Waals surface area contributed by atoms with Crippen LogP contribution in [0.2, 0.25) is 0 Å². The van der Waals surface area contributed by atoms with E-state index in [9.17, 15) is 10.0 Å². The van der Waals surface area contributed by atoms with Gasteiger partial charge in [-0.3, -0.25) is 0 Å². The van der Waals surface area contributed by atoms with E-state index < -0.39 is 5.97 Å². The summed E-state index contributed by atoms with van der Waals surface area (Å²) in [5.74, 6) is -1.09. The van der Waals surface area contributed by atoms with Crippen molar-refractivity contribution >= 4 is 17.3 Å². The summed E-state index contributed by atoms with van der Waals surface area (Å²) in [5.41, 5.74) is 3.11. The highest BCUT2D eigenvalue weighted by Gasteiger charge is 2.11. The zero-order valence-corrected chi connectivity index (χ0v) is 9.85. The molecule has 0 amide bonds. The predicted molar refractivity (Wildman–Crippen MR) is 69.2 cm³/mol. The fourth-order valence-corrected chi connectivity index (χ4v) is 1.48. The average molecular weight is 257 g/mol. The molecule has 0 unspecified atom stereocenters. The van der Waals surface area contributed by atoms with E-state index in [-0.39, 0.29) is 11.3 Å². The number of anilines is 1. The highest BCUT2D eigenvalue weighted by Crippen LogP contribution is 2.16. The van der Waals surface area contributed by atoms with Gasteiger partial charge in [0.05, 0.1) is 5.22 Å². The van der Waals surface area contributed by atoms with Crippen LogP contribution >= 0.6 is 0 Å². The number of nitrogens with one attached hydrogen (secondary N) is 1. The topological polar surface area (TPSA) is 87.8 Å². The molecule has 0 heterocycles. The largest absolute Gasteiger partial charge is 0.691 e. The molecule has 0 saturated heterocycles. The van der Waals surface area contributed by atoms with Crippen molar-refractivity contribution in [2.45, 2.75) is 0 Å². The summed E-state index contributed by atoms with van der Waals surface area (Å²) in [6.07, 6.45) is 0. The fraction of sp³-hybridized carbons (Fsp3) is 0. The highest BCUT2D eigenvalue weighted by atomic mass is 16.5. The molecule has 0 spiro atoms. The number of rotatable bonds is 4. The number of carbonyl (C=O) groups is 1. The molecule has 96 valence electrons. The molecule has 6 heteroatoms. The van der Waals surface area contributed by atoms with Crippen LogP contribution in [0.25, 0.3) is 0 Å². The maximum absolute atomic E-state index is 11.6. The summed E-state index contributed by atoms with van der Waals surface area (Å²) < 4.78 is 0. The van der Waals surface area contributed by atoms with Gasteiger partial charge in [0, 0.05) is 0 Å². The minimum Gasteiger partial charge on any atom is -0.691 e. The summed E-state index contributed by atoms with van der Waals surface area (Å²) in [6.45, 7) is 0. The van der Waals surface area contributed by atoms with Gasteiger partial charge in [-0.15, -0.1) is 10.3 Å². The number of nitrogens with zero attached hydrogens (tertiary/aromatic N) is 2. The van der Waals surface area contributed by atoms with Crippen molar-refractivity contribution in [3.63, 3.8) is 0 Å². The van der Waals surface area contributed by atoms with E-state index in [1.54, 1.807) is 42.5 Å². The molecule has 0 atom stereocenters. The Balaban J connectivity index is 2.21. The van der Waals surface area contributed by atoms with Gasteiger partial charge < -0.3 is 10.3 Å². The number of aromatic carboxylic acids is 1. The lowest BCUT2D eigenvalue weighted by Crippen LogP contribution is -2.04. The van der Waals surface area contributed by atoms with Gasteiger partial charge in [0.25, 0.3) is 0 Å². The first-order chi connectivity index (χ1) is 9.18. The molecule has 6 nitrogen and oxygen atoms in total. The Morgan fingerprint density at radius 1 is 1.11 bits per heavy atom. The third-order valence-electron chi connectivity index (χ3n) is 2.40. The summed E-state index contributed by atoms with van der Waals surface area (Å²) in [5, 5.41) is 24.2. The molecule has 2 aromatic carbocycles. The van der Waals surface area contributed by atoms with Crippen molar-refractivity contribution in [1.29, 1.82) is 0 Å². The molecular formula is C13H11N3O3. The lowest BCUT2D eigenvalue weighted by atomic mass is 10.2. The zero-order chi connectivity index (χ0) is 13.7. The number of benzene rings is 2. The van der Waals surface area contributed by atoms with E-state index in [4.69, 9.17) is 5.11 Å². The predicted octanol–water partition coefficient (Wildman–Crippen LogP) is 3.01. The molecule has 19 heavy (non-hydrogen) atoms. The molecule has 0 aliphatic rings. The standard InChI is InChI=1S/C13H11N3O3/c17-13(18)11-8-4-5-9-12(11)14-15-16(19)10-6-2-1-3-7-10/h1-9,14H,(H,17,18)/b16-15-. The SMILES string of the molecule is O=C(O)c1ccccc1N/N=[N+](\[O-])c1ccccc1.